The number of hydrogen-bond acceptors (Lipinski definition) is 4. The highest BCUT2D eigenvalue weighted by atomic mass is 32.1. The fourth-order valence-corrected chi connectivity index (χ4v) is 3.19. The fraction of sp³-hybridized carbons (Fsp3) is 0.786. The van der Waals surface area contributed by atoms with Gasteiger partial charge in [-0.05, 0) is 40.3 Å². The summed E-state index contributed by atoms with van der Waals surface area (Å²) >= 11 is 1.89. The molecule has 1 fully saturated rings. The van der Waals surface area contributed by atoms with Crippen molar-refractivity contribution >= 4 is 11.3 Å². The Morgan fingerprint density at radius 2 is 2.17 bits per heavy atom. The van der Waals surface area contributed by atoms with Crippen molar-refractivity contribution in [3.05, 3.63) is 15.6 Å². The van der Waals surface area contributed by atoms with Crippen molar-refractivity contribution in [2.75, 3.05) is 14.1 Å². The van der Waals surface area contributed by atoms with E-state index in [1.54, 1.807) is 0 Å². The molecule has 4 heteroatoms. The molecule has 1 saturated carbocycles. The summed E-state index contributed by atoms with van der Waals surface area (Å²) in [5.74, 6) is 0.755. The van der Waals surface area contributed by atoms with Crippen LogP contribution in [0.2, 0.25) is 0 Å². The van der Waals surface area contributed by atoms with E-state index >= 15 is 0 Å². The highest BCUT2D eigenvalue weighted by molar-refractivity contribution is 7.11. The molecule has 0 bridgehead atoms. The summed E-state index contributed by atoms with van der Waals surface area (Å²) in [5, 5.41) is 4.86. The molecule has 2 rings (SSSR count). The standard InChI is InChI=1S/C14H25N3S/c1-5-10(2)15-8-12-14(11-6-7-11)16-13(18-12)9-17(3)4/h10-11,15H,5-9H2,1-4H3. The van der Waals surface area contributed by atoms with Gasteiger partial charge in [0.15, 0.2) is 0 Å². The summed E-state index contributed by atoms with van der Waals surface area (Å²) in [6, 6.07) is 0.594. The van der Waals surface area contributed by atoms with Crippen LogP contribution in [0.25, 0.3) is 0 Å². The van der Waals surface area contributed by atoms with E-state index in [1.807, 2.05) is 11.3 Å². The van der Waals surface area contributed by atoms with E-state index in [0.717, 1.165) is 19.0 Å². The van der Waals surface area contributed by atoms with Crippen molar-refractivity contribution in [2.45, 2.75) is 58.2 Å². The lowest BCUT2D eigenvalue weighted by Crippen LogP contribution is -2.24. The minimum absolute atomic E-state index is 0.594. The van der Waals surface area contributed by atoms with Crippen LogP contribution in [0.4, 0.5) is 0 Å². The van der Waals surface area contributed by atoms with Crippen molar-refractivity contribution in [1.82, 2.24) is 15.2 Å². The molecule has 18 heavy (non-hydrogen) atoms. The number of nitrogens with one attached hydrogen (secondary N) is 1. The molecule has 3 nitrogen and oxygen atoms in total. The molecule has 1 atom stereocenters. The van der Waals surface area contributed by atoms with E-state index in [1.165, 1.54) is 34.8 Å². The Bertz CT molecular complexity index is 382. The second-order valence-corrected chi connectivity index (χ2v) is 6.79. The first-order chi connectivity index (χ1) is 8.60. The largest absolute Gasteiger partial charge is 0.309 e. The third-order valence-electron chi connectivity index (χ3n) is 3.41. The van der Waals surface area contributed by atoms with E-state index in [-0.39, 0.29) is 0 Å². The van der Waals surface area contributed by atoms with Crippen LogP contribution in [-0.2, 0) is 13.1 Å². The van der Waals surface area contributed by atoms with E-state index in [4.69, 9.17) is 4.98 Å². The highest BCUT2D eigenvalue weighted by Gasteiger charge is 2.29. The van der Waals surface area contributed by atoms with Gasteiger partial charge >= 0.3 is 0 Å². The molecule has 1 heterocycles. The summed E-state index contributed by atoms with van der Waals surface area (Å²) in [7, 11) is 4.21. The molecule has 1 aromatic rings. The molecule has 1 aromatic heterocycles. The topological polar surface area (TPSA) is 28.2 Å². The summed E-state index contributed by atoms with van der Waals surface area (Å²) < 4.78 is 0. The molecule has 0 saturated heterocycles. The minimum Gasteiger partial charge on any atom is -0.309 e. The maximum Gasteiger partial charge on any atom is 0.107 e. The smallest absolute Gasteiger partial charge is 0.107 e. The van der Waals surface area contributed by atoms with Gasteiger partial charge in [0.2, 0.25) is 0 Å². The summed E-state index contributed by atoms with van der Waals surface area (Å²) in [4.78, 5) is 8.52. The Balaban J connectivity index is 2.04. The Morgan fingerprint density at radius 3 is 2.72 bits per heavy atom. The van der Waals surface area contributed by atoms with Gasteiger partial charge in [-0.3, -0.25) is 0 Å². The summed E-state index contributed by atoms with van der Waals surface area (Å²) in [5.41, 5.74) is 1.38. The lowest BCUT2D eigenvalue weighted by atomic mass is 10.2. The van der Waals surface area contributed by atoms with Gasteiger partial charge in [-0.15, -0.1) is 11.3 Å². The average molecular weight is 267 g/mol. The second-order valence-electron chi connectivity index (χ2n) is 5.62. The van der Waals surface area contributed by atoms with Crippen LogP contribution in [0.5, 0.6) is 0 Å². The van der Waals surface area contributed by atoms with Crippen molar-refractivity contribution in [1.29, 1.82) is 0 Å². The van der Waals surface area contributed by atoms with E-state index in [0.29, 0.717) is 6.04 Å². The molecule has 1 aliphatic carbocycles. The molecule has 0 aromatic carbocycles. The summed E-state index contributed by atoms with van der Waals surface area (Å²) in [6.45, 7) is 6.43. The monoisotopic (exact) mass is 267 g/mol. The molecule has 0 spiro atoms. The van der Waals surface area contributed by atoms with Crippen LogP contribution in [0, 0.1) is 0 Å². The number of nitrogens with zero attached hydrogens (tertiary/aromatic N) is 2. The Hall–Kier alpha value is -0.450. The number of thiazole rings is 1. The quantitative estimate of drug-likeness (QED) is 0.823. The number of aromatic nitrogens is 1. The molecule has 0 radical (unpaired) electrons. The molecule has 102 valence electrons. The van der Waals surface area contributed by atoms with Gasteiger partial charge in [0.25, 0.3) is 0 Å². The maximum absolute atomic E-state index is 4.85. The molecule has 1 aliphatic rings. The Kier molecular flexibility index (Phi) is 4.76. The summed E-state index contributed by atoms with van der Waals surface area (Å²) in [6.07, 6.45) is 3.85. The van der Waals surface area contributed by atoms with Crippen LogP contribution in [0.3, 0.4) is 0 Å². The second kappa shape index (κ2) is 6.13. The first kappa shape index (κ1) is 14.0. The van der Waals surface area contributed by atoms with Crippen LogP contribution < -0.4 is 5.32 Å². The van der Waals surface area contributed by atoms with Crippen molar-refractivity contribution in [3.63, 3.8) is 0 Å². The molecule has 0 aliphatic heterocycles. The zero-order valence-electron chi connectivity index (χ0n) is 12.0. The maximum atomic E-state index is 4.85. The normalized spacial score (nSPS) is 17.4. The van der Waals surface area contributed by atoms with Crippen molar-refractivity contribution in [3.8, 4) is 0 Å². The van der Waals surface area contributed by atoms with E-state index in [2.05, 4.69) is 38.2 Å². The van der Waals surface area contributed by atoms with Crippen LogP contribution in [0.15, 0.2) is 0 Å². The predicted molar refractivity (Wildman–Crippen MR) is 78.1 cm³/mol. The number of hydrogen-bond donors (Lipinski definition) is 1. The van der Waals surface area contributed by atoms with Gasteiger partial charge < -0.3 is 10.2 Å². The third-order valence-corrected chi connectivity index (χ3v) is 4.47. The molecular formula is C14H25N3S. The zero-order chi connectivity index (χ0) is 13.1. The van der Waals surface area contributed by atoms with E-state index < -0.39 is 0 Å². The first-order valence-electron chi connectivity index (χ1n) is 6.96. The molecule has 0 amide bonds. The predicted octanol–water partition coefficient (Wildman–Crippen LogP) is 2.97. The van der Waals surface area contributed by atoms with Gasteiger partial charge in [-0.1, -0.05) is 6.92 Å². The van der Waals surface area contributed by atoms with Crippen LogP contribution in [-0.4, -0.2) is 30.0 Å². The SMILES string of the molecule is CCC(C)NCc1sc(CN(C)C)nc1C1CC1. The fourth-order valence-electron chi connectivity index (χ4n) is 1.97. The van der Waals surface area contributed by atoms with Crippen LogP contribution in [0.1, 0.15) is 54.6 Å². The Labute approximate surface area is 115 Å². The van der Waals surface area contributed by atoms with Gasteiger partial charge in [-0.2, -0.15) is 0 Å². The van der Waals surface area contributed by atoms with Gasteiger partial charge in [0.05, 0.1) is 5.69 Å². The minimum atomic E-state index is 0.594. The average Bonchev–Trinajstić information content (AvgIpc) is 3.09. The lowest BCUT2D eigenvalue weighted by Gasteiger charge is -2.10. The zero-order valence-corrected chi connectivity index (χ0v) is 12.8. The highest BCUT2D eigenvalue weighted by Crippen LogP contribution is 2.42. The molecular weight excluding hydrogens is 242 g/mol. The van der Waals surface area contributed by atoms with E-state index in [9.17, 15) is 0 Å². The Morgan fingerprint density at radius 1 is 1.44 bits per heavy atom. The lowest BCUT2D eigenvalue weighted by molar-refractivity contribution is 0.401. The van der Waals surface area contributed by atoms with Gasteiger partial charge in [0.1, 0.15) is 5.01 Å². The molecule has 1 N–H and O–H groups in total. The van der Waals surface area contributed by atoms with Gasteiger partial charge in [-0.25, -0.2) is 4.98 Å². The van der Waals surface area contributed by atoms with Crippen LogP contribution >= 0.6 is 11.3 Å². The first-order valence-corrected chi connectivity index (χ1v) is 7.78. The number of rotatable bonds is 7. The van der Waals surface area contributed by atoms with Gasteiger partial charge in [0, 0.05) is 29.9 Å². The molecule has 1 unspecified atom stereocenters. The van der Waals surface area contributed by atoms with Crippen molar-refractivity contribution < 1.29 is 0 Å². The van der Waals surface area contributed by atoms with Crippen molar-refractivity contribution in [2.24, 2.45) is 0 Å². The third kappa shape index (κ3) is 3.77.